The minimum Gasteiger partial charge on any atom is -0.312 e. The molecule has 1 aromatic heterocycles. The second-order valence-corrected chi connectivity index (χ2v) is 9.01. The molecule has 120 valence electrons. The van der Waals surface area contributed by atoms with Gasteiger partial charge in [0.15, 0.2) is 0 Å². The van der Waals surface area contributed by atoms with Gasteiger partial charge in [-0.15, -0.1) is 11.3 Å². The minimum absolute atomic E-state index is 0.0997. The van der Waals surface area contributed by atoms with E-state index < -0.39 is 10.0 Å². The van der Waals surface area contributed by atoms with Crippen LogP contribution in [0.4, 0.5) is 0 Å². The van der Waals surface area contributed by atoms with Gasteiger partial charge in [-0.3, -0.25) is 0 Å². The second-order valence-electron chi connectivity index (χ2n) is 5.99. The molecule has 0 aromatic carbocycles. The molecule has 0 amide bonds. The van der Waals surface area contributed by atoms with E-state index in [-0.39, 0.29) is 6.04 Å². The lowest BCUT2D eigenvalue weighted by molar-refractivity contribution is 0.332. The summed E-state index contributed by atoms with van der Waals surface area (Å²) in [4.78, 5) is 2.41. The fraction of sp³-hybridized carbons (Fsp3) is 0.733. The lowest BCUT2D eigenvalue weighted by Crippen LogP contribution is -2.37. The van der Waals surface area contributed by atoms with E-state index in [0.29, 0.717) is 4.90 Å². The van der Waals surface area contributed by atoms with Gasteiger partial charge in [-0.05, 0) is 51.1 Å². The van der Waals surface area contributed by atoms with Crippen molar-refractivity contribution >= 4 is 21.4 Å². The molecule has 1 saturated carbocycles. The molecule has 6 heteroatoms. The van der Waals surface area contributed by atoms with Crippen LogP contribution in [-0.2, 0) is 16.6 Å². The zero-order valence-electron chi connectivity index (χ0n) is 13.1. The van der Waals surface area contributed by atoms with Gasteiger partial charge in [0.05, 0.1) is 4.90 Å². The van der Waals surface area contributed by atoms with Gasteiger partial charge >= 0.3 is 0 Å². The maximum Gasteiger partial charge on any atom is 0.241 e. The molecular weight excluding hydrogens is 304 g/mol. The Hall–Kier alpha value is -0.430. The van der Waals surface area contributed by atoms with E-state index in [1.807, 2.05) is 19.9 Å². The van der Waals surface area contributed by atoms with Crippen LogP contribution in [0.5, 0.6) is 0 Å². The first-order chi connectivity index (χ1) is 9.92. The van der Waals surface area contributed by atoms with Gasteiger partial charge in [-0.1, -0.05) is 13.8 Å². The SMILES string of the molecule is CCNCc1cc(S(=O)(=O)NC2CCC(C)CC2)c(C)s1. The highest BCUT2D eigenvalue weighted by Crippen LogP contribution is 2.28. The van der Waals surface area contributed by atoms with Crippen LogP contribution in [0.3, 0.4) is 0 Å². The van der Waals surface area contributed by atoms with Gasteiger partial charge in [0.25, 0.3) is 0 Å². The highest BCUT2D eigenvalue weighted by atomic mass is 32.2. The summed E-state index contributed by atoms with van der Waals surface area (Å²) in [6, 6.07) is 1.92. The fourth-order valence-corrected chi connectivity index (χ4v) is 5.70. The van der Waals surface area contributed by atoms with Crippen molar-refractivity contribution in [2.75, 3.05) is 6.54 Å². The number of aryl methyl sites for hydroxylation is 1. The maximum absolute atomic E-state index is 12.6. The molecule has 1 aliphatic rings. The summed E-state index contributed by atoms with van der Waals surface area (Å²) in [5.74, 6) is 0.723. The predicted molar refractivity (Wildman–Crippen MR) is 88.2 cm³/mol. The van der Waals surface area contributed by atoms with Crippen LogP contribution in [0, 0.1) is 12.8 Å². The molecule has 1 aromatic rings. The van der Waals surface area contributed by atoms with Crippen molar-refractivity contribution in [2.45, 2.75) is 63.9 Å². The van der Waals surface area contributed by atoms with Crippen molar-refractivity contribution in [1.29, 1.82) is 0 Å². The highest BCUT2D eigenvalue weighted by molar-refractivity contribution is 7.89. The molecule has 0 aliphatic heterocycles. The van der Waals surface area contributed by atoms with E-state index in [1.54, 1.807) is 11.3 Å². The lowest BCUT2D eigenvalue weighted by atomic mass is 9.88. The molecule has 21 heavy (non-hydrogen) atoms. The molecule has 1 heterocycles. The van der Waals surface area contributed by atoms with Crippen molar-refractivity contribution in [1.82, 2.24) is 10.0 Å². The first kappa shape index (κ1) is 16.9. The zero-order valence-corrected chi connectivity index (χ0v) is 14.7. The normalized spacial score (nSPS) is 23.4. The van der Waals surface area contributed by atoms with E-state index in [1.165, 1.54) is 0 Å². The molecule has 1 fully saturated rings. The van der Waals surface area contributed by atoms with E-state index in [0.717, 1.165) is 54.4 Å². The molecule has 0 atom stereocenters. The maximum atomic E-state index is 12.6. The molecule has 0 radical (unpaired) electrons. The second kappa shape index (κ2) is 7.22. The van der Waals surface area contributed by atoms with Gasteiger partial charge < -0.3 is 5.32 Å². The van der Waals surface area contributed by atoms with E-state index in [4.69, 9.17) is 0 Å². The largest absolute Gasteiger partial charge is 0.312 e. The van der Waals surface area contributed by atoms with Gasteiger partial charge in [0.2, 0.25) is 10.0 Å². The number of hydrogen-bond donors (Lipinski definition) is 2. The smallest absolute Gasteiger partial charge is 0.241 e. The Labute approximate surface area is 132 Å². The number of hydrogen-bond acceptors (Lipinski definition) is 4. The minimum atomic E-state index is -3.38. The number of rotatable bonds is 6. The van der Waals surface area contributed by atoms with Crippen molar-refractivity contribution in [3.05, 3.63) is 15.8 Å². The van der Waals surface area contributed by atoms with Gasteiger partial charge in [-0.25, -0.2) is 13.1 Å². The van der Waals surface area contributed by atoms with E-state index >= 15 is 0 Å². The summed E-state index contributed by atoms with van der Waals surface area (Å²) in [5.41, 5.74) is 0. The third-order valence-corrected chi connectivity index (χ3v) is 6.93. The predicted octanol–water partition coefficient (Wildman–Crippen LogP) is 3.02. The third-order valence-electron chi connectivity index (χ3n) is 4.10. The number of nitrogens with one attached hydrogen (secondary N) is 2. The third kappa shape index (κ3) is 4.52. The van der Waals surface area contributed by atoms with Crippen molar-refractivity contribution in [2.24, 2.45) is 5.92 Å². The molecule has 0 spiro atoms. The Morgan fingerprint density at radius 1 is 1.29 bits per heavy atom. The van der Waals surface area contributed by atoms with E-state index in [2.05, 4.69) is 17.0 Å². The molecule has 0 unspecified atom stereocenters. The number of thiophene rings is 1. The first-order valence-corrected chi connectivity index (χ1v) is 10.0. The Morgan fingerprint density at radius 3 is 2.57 bits per heavy atom. The van der Waals surface area contributed by atoms with Crippen LogP contribution >= 0.6 is 11.3 Å². The lowest BCUT2D eigenvalue weighted by Gasteiger charge is -2.26. The quantitative estimate of drug-likeness (QED) is 0.843. The zero-order chi connectivity index (χ0) is 15.5. The molecule has 4 nitrogen and oxygen atoms in total. The fourth-order valence-electron chi connectivity index (χ4n) is 2.79. The standard InChI is InChI=1S/C15H26N2O2S2/c1-4-16-10-14-9-15(12(3)20-14)21(18,19)17-13-7-5-11(2)6-8-13/h9,11,13,16-17H,4-8,10H2,1-3H3. The van der Waals surface area contributed by atoms with Gasteiger partial charge in [0.1, 0.15) is 0 Å². The Morgan fingerprint density at radius 2 is 1.95 bits per heavy atom. The van der Waals surface area contributed by atoms with Crippen molar-refractivity contribution in [3.63, 3.8) is 0 Å². The average molecular weight is 331 g/mol. The molecule has 0 saturated heterocycles. The first-order valence-electron chi connectivity index (χ1n) is 7.74. The molecular formula is C15H26N2O2S2. The summed E-state index contributed by atoms with van der Waals surface area (Å²) >= 11 is 1.56. The van der Waals surface area contributed by atoms with Crippen molar-refractivity contribution < 1.29 is 8.42 Å². The van der Waals surface area contributed by atoms with Crippen LogP contribution in [0.15, 0.2) is 11.0 Å². The summed E-state index contributed by atoms with van der Waals surface area (Å²) in [7, 11) is -3.38. The van der Waals surface area contributed by atoms with Crippen LogP contribution in [0.2, 0.25) is 0 Å². The van der Waals surface area contributed by atoms with Crippen LogP contribution < -0.4 is 10.0 Å². The summed E-state index contributed by atoms with van der Waals surface area (Å²) in [5, 5.41) is 3.24. The Bertz CT molecular complexity index is 558. The summed E-state index contributed by atoms with van der Waals surface area (Å²) < 4.78 is 28.0. The number of sulfonamides is 1. The topological polar surface area (TPSA) is 58.2 Å². The highest BCUT2D eigenvalue weighted by Gasteiger charge is 2.26. The molecule has 2 rings (SSSR count). The van der Waals surface area contributed by atoms with Crippen LogP contribution in [-0.4, -0.2) is 21.0 Å². The Kier molecular flexibility index (Phi) is 5.82. The summed E-state index contributed by atoms with van der Waals surface area (Å²) in [6.45, 7) is 7.79. The molecule has 1 aliphatic carbocycles. The Balaban J connectivity index is 2.06. The van der Waals surface area contributed by atoms with Gasteiger partial charge in [-0.2, -0.15) is 0 Å². The van der Waals surface area contributed by atoms with Crippen LogP contribution in [0.1, 0.15) is 49.3 Å². The average Bonchev–Trinajstić information content (AvgIpc) is 2.81. The van der Waals surface area contributed by atoms with E-state index in [9.17, 15) is 8.42 Å². The van der Waals surface area contributed by atoms with Crippen molar-refractivity contribution in [3.8, 4) is 0 Å². The summed E-state index contributed by atoms with van der Waals surface area (Å²) in [6.07, 6.45) is 4.13. The molecule has 2 N–H and O–H groups in total. The monoisotopic (exact) mass is 330 g/mol. The van der Waals surface area contributed by atoms with Gasteiger partial charge in [0, 0.05) is 22.3 Å². The van der Waals surface area contributed by atoms with Crippen LogP contribution in [0.25, 0.3) is 0 Å². The molecule has 0 bridgehead atoms.